The standard InChI is InChI=1S/C15H15BrF2N2S/c16-10-8-11(17)14(12(18)9-10)15(13-2-1-7-21-13)20-5-3-19-4-6-20/h1-2,7-9,15,19H,3-6H2/t15-/m0/s1. The Morgan fingerprint density at radius 1 is 1.19 bits per heavy atom. The van der Waals surface area contributed by atoms with Gasteiger partial charge in [-0.05, 0) is 23.6 Å². The normalized spacial score (nSPS) is 17.9. The van der Waals surface area contributed by atoms with Gasteiger partial charge >= 0.3 is 0 Å². The van der Waals surface area contributed by atoms with E-state index in [0.29, 0.717) is 4.47 Å². The fourth-order valence-corrected chi connectivity index (χ4v) is 3.98. The molecule has 1 saturated heterocycles. The molecule has 1 fully saturated rings. The van der Waals surface area contributed by atoms with Gasteiger partial charge in [-0.3, -0.25) is 4.90 Å². The monoisotopic (exact) mass is 372 g/mol. The minimum absolute atomic E-state index is 0.141. The van der Waals surface area contributed by atoms with Crippen LogP contribution < -0.4 is 5.32 Å². The van der Waals surface area contributed by atoms with Crippen LogP contribution in [-0.4, -0.2) is 31.1 Å². The molecular formula is C15H15BrF2N2S. The van der Waals surface area contributed by atoms with Gasteiger partial charge in [0.05, 0.1) is 6.04 Å². The number of rotatable bonds is 3. The van der Waals surface area contributed by atoms with Crippen molar-refractivity contribution in [3.8, 4) is 0 Å². The number of nitrogens with zero attached hydrogens (tertiary/aromatic N) is 1. The topological polar surface area (TPSA) is 15.3 Å². The van der Waals surface area contributed by atoms with Crippen molar-refractivity contribution >= 4 is 27.3 Å². The molecule has 2 nitrogen and oxygen atoms in total. The Labute approximate surface area is 134 Å². The van der Waals surface area contributed by atoms with E-state index < -0.39 is 11.6 Å². The van der Waals surface area contributed by atoms with E-state index >= 15 is 0 Å². The maximum absolute atomic E-state index is 14.4. The first-order valence-electron chi connectivity index (χ1n) is 6.79. The highest BCUT2D eigenvalue weighted by Crippen LogP contribution is 2.36. The predicted octanol–water partition coefficient (Wildman–Crippen LogP) is 3.78. The summed E-state index contributed by atoms with van der Waals surface area (Å²) in [6, 6.07) is 6.17. The third-order valence-electron chi connectivity index (χ3n) is 3.65. The fraction of sp³-hybridized carbons (Fsp3) is 0.333. The van der Waals surface area contributed by atoms with Gasteiger partial charge < -0.3 is 5.32 Å². The number of hydrogen-bond donors (Lipinski definition) is 1. The summed E-state index contributed by atoms with van der Waals surface area (Å²) in [6.45, 7) is 3.22. The van der Waals surface area contributed by atoms with Gasteiger partial charge in [-0.2, -0.15) is 0 Å². The zero-order valence-corrected chi connectivity index (χ0v) is 13.7. The van der Waals surface area contributed by atoms with Crippen LogP contribution >= 0.6 is 27.3 Å². The minimum atomic E-state index is -0.501. The van der Waals surface area contributed by atoms with Gasteiger partial charge in [0.2, 0.25) is 0 Å². The van der Waals surface area contributed by atoms with Crippen molar-refractivity contribution in [2.24, 2.45) is 0 Å². The van der Waals surface area contributed by atoms with Gasteiger partial charge in [-0.1, -0.05) is 22.0 Å². The van der Waals surface area contributed by atoms with Crippen molar-refractivity contribution in [3.63, 3.8) is 0 Å². The van der Waals surface area contributed by atoms with Gasteiger partial charge in [-0.25, -0.2) is 8.78 Å². The van der Waals surface area contributed by atoms with E-state index in [9.17, 15) is 8.78 Å². The van der Waals surface area contributed by atoms with Crippen LogP contribution in [0.15, 0.2) is 34.1 Å². The third-order valence-corrected chi connectivity index (χ3v) is 5.03. The number of piperazine rings is 1. The molecule has 1 atom stereocenters. The summed E-state index contributed by atoms with van der Waals surface area (Å²) in [6.07, 6.45) is 0. The summed E-state index contributed by atoms with van der Waals surface area (Å²) in [5, 5.41) is 5.22. The number of halogens is 3. The number of hydrogen-bond acceptors (Lipinski definition) is 3. The Morgan fingerprint density at radius 3 is 2.43 bits per heavy atom. The Bertz CT molecular complexity index is 589. The maximum Gasteiger partial charge on any atom is 0.132 e. The summed E-state index contributed by atoms with van der Waals surface area (Å²) >= 11 is 4.67. The molecule has 21 heavy (non-hydrogen) atoms. The number of thiophene rings is 1. The largest absolute Gasteiger partial charge is 0.314 e. The van der Waals surface area contributed by atoms with E-state index in [-0.39, 0.29) is 11.6 Å². The van der Waals surface area contributed by atoms with Gasteiger partial charge in [0.1, 0.15) is 11.6 Å². The van der Waals surface area contributed by atoms with Gasteiger partial charge in [-0.15, -0.1) is 11.3 Å². The van der Waals surface area contributed by atoms with Crippen molar-refractivity contribution in [2.45, 2.75) is 6.04 Å². The summed E-state index contributed by atoms with van der Waals surface area (Å²) in [5.74, 6) is -1.00. The van der Waals surface area contributed by atoms with Crippen LogP contribution in [0.5, 0.6) is 0 Å². The Morgan fingerprint density at radius 2 is 1.86 bits per heavy atom. The summed E-state index contributed by atoms with van der Waals surface area (Å²) in [4.78, 5) is 3.11. The maximum atomic E-state index is 14.4. The van der Waals surface area contributed by atoms with Crippen molar-refractivity contribution in [1.29, 1.82) is 0 Å². The van der Waals surface area contributed by atoms with E-state index in [1.165, 1.54) is 23.5 Å². The number of benzene rings is 1. The zero-order valence-electron chi connectivity index (χ0n) is 11.3. The van der Waals surface area contributed by atoms with Crippen LogP contribution in [0.1, 0.15) is 16.5 Å². The van der Waals surface area contributed by atoms with Gasteiger partial charge in [0.15, 0.2) is 0 Å². The van der Waals surface area contributed by atoms with Crippen LogP contribution in [0, 0.1) is 11.6 Å². The van der Waals surface area contributed by atoms with Gasteiger partial charge in [0.25, 0.3) is 0 Å². The highest BCUT2D eigenvalue weighted by atomic mass is 79.9. The smallest absolute Gasteiger partial charge is 0.132 e. The molecule has 0 spiro atoms. The highest BCUT2D eigenvalue weighted by molar-refractivity contribution is 9.10. The summed E-state index contributed by atoms with van der Waals surface area (Å²) in [5.41, 5.74) is 0.141. The molecule has 0 bridgehead atoms. The molecule has 3 rings (SSSR count). The summed E-state index contributed by atoms with van der Waals surface area (Å²) < 4.78 is 29.2. The molecule has 1 aromatic carbocycles. The van der Waals surface area contributed by atoms with Crippen molar-refractivity contribution < 1.29 is 8.78 Å². The van der Waals surface area contributed by atoms with E-state index in [2.05, 4.69) is 26.1 Å². The van der Waals surface area contributed by atoms with Crippen molar-refractivity contribution in [1.82, 2.24) is 10.2 Å². The minimum Gasteiger partial charge on any atom is -0.314 e. The van der Waals surface area contributed by atoms with Crippen LogP contribution in [-0.2, 0) is 0 Å². The first kappa shape index (κ1) is 15.1. The lowest BCUT2D eigenvalue weighted by molar-refractivity contribution is 0.194. The van der Waals surface area contributed by atoms with Gasteiger partial charge in [0, 0.05) is 41.1 Å². The molecule has 0 aliphatic carbocycles. The quantitative estimate of drug-likeness (QED) is 0.881. The van der Waals surface area contributed by atoms with E-state index in [4.69, 9.17) is 0 Å². The van der Waals surface area contributed by atoms with Crippen LogP contribution in [0.25, 0.3) is 0 Å². The molecule has 1 N–H and O–H groups in total. The molecule has 0 unspecified atom stereocenters. The Hall–Kier alpha value is -0.820. The molecule has 2 aromatic rings. The van der Waals surface area contributed by atoms with E-state index in [0.717, 1.165) is 31.1 Å². The third kappa shape index (κ3) is 3.18. The fourth-order valence-electron chi connectivity index (χ4n) is 2.71. The average molecular weight is 373 g/mol. The zero-order chi connectivity index (χ0) is 14.8. The molecule has 0 amide bonds. The van der Waals surface area contributed by atoms with Crippen molar-refractivity contribution in [3.05, 3.63) is 56.2 Å². The van der Waals surface area contributed by atoms with Crippen LogP contribution in [0.3, 0.4) is 0 Å². The second kappa shape index (κ2) is 6.52. The molecule has 1 aliphatic rings. The first-order chi connectivity index (χ1) is 10.2. The lowest BCUT2D eigenvalue weighted by atomic mass is 10.0. The summed E-state index contributed by atoms with van der Waals surface area (Å²) in [7, 11) is 0. The molecule has 6 heteroatoms. The highest BCUT2D eigenvalue weighted by Gasteiger charge is 2.29. The molecule has 2 heterocycles. The predicted molar refractivity (Wildman–Crippen MR) is 84.7 cm³/mol. The lowest BCUT2D eigenvalue weighted by Gasteiger charge is -2.35. The molecule has 0 saturated carbocycles. The van der Waals surface area contributed by atoms with E-state index in [1.807, 2.05) is 17.5 Å². The average Bonchev–Trinajstić information content (AvgIpc) is 2.97. The Kier molecular flexibility index (Phi) is 4.69. The van der Waals surface area contributed by atoms with E-state index in [1.54, 1.807) is 0 Å². The van der Waals surface area contributed by atoms with Crippen molar-refractivity contribution in [2.75, 3.05) is 26.2 Å². The lowest BCUT2D eigenvalue weighted by Crippen LogP contribution is -2.45. The SMILES string of the molecule is Fc1cc(Br)cc(F)c1[C@H](c1cccs1)N1CCNCC1. The number of nitrogens with one attached hydrogen (secondary N) is 1. The molecule has 1 aromatic heterocycles. The van der Waals surface area contributed by atoms with Crippen LogP contribution in [0.2, 0.25) is 0 Å². The first-order valence-corrected chi connectivity index (χ1v) is 8.46. The molecule has 0 radical (unpaired) electrons. The molecular weight excluding hydrogens is 358 g/mol. The Balaban J connectivity index is 2.07. The molecule has 112 valence electrons. The second-order valence-electron chi connectivity index (χ2n) is 4.99. The second-order valence-corrected chi connectivity index (χ2v) is 6.88. The molecule has 1 aliphatic heterocycles. The van der Waals surface area contributed by atoms with Crippen LogP contribution in [0.4, 0.5) is 8.78 Å².